The summed E-state index contributed by atoms with van der Waals surface area (Å²) in [6.07, 6.45) is 3.27. The van der Waals surface area contributed by atoms with Crippen molar-refractivity contribution < 1.29 is 9.59 Å². The molecule has 3 aromatic carbocycles. The molecule has 0 aliphatic rings. The molecule has 0 bridgehead atoms. The first-order valence-electron chi connectivity index (χ1n) is 11.2. The topological polar surface area (TPSA) is 84.0 Å². The molecule has 4 aromatic rings. The molecule has 0 saturated heterocycles. The molecule has 0 spiro atoms. The van der Waals surface area contributed by atoms with Crippen LogP contribution in [0.1, 0.15) is 23.3 Å². The van der Waals surface area contributed by atoms with E-state index in [1.165, 1.54) is 41.1 Å². The normalized spacial score (nSPS) is 11.8. The summed E-state index contributed by atoms with van der Waals surface area (Å²) in [7, 11) is 0. The van der Waals surface area contributed by atoms with Gasteiger partial charge in [-0.3, -0.25) is 14.9 Å². The summed E-state index contributed by atoms with van der Waals surface area (Å²) in [6.45, 7) is 2.03. The third kappa shape index (κ3) is 7.55. The number of thioether (sulfide) groups is 2. The van der Waals surface area contributed by atoms with Crippen LogP contribution in [-0.2, 0) is 9.59 Å². The molecule has 4 rings (SSSR count). The summed E-state index contributed by atoms with van der Waals surface area (Å²) in [5.41, 5.74) is 2.47. The van der Waals surface area contributed by atoms with Crippen LogP contribution in [0.4, 0.5) is 10.8 Å². The molecule has 1 heterocycles. The lowest BCUT2D eigenvalue weighted by atomic mass is 10.1. The van der Waals surface area contributed by atoms with E-state index in [0.717, 1.165) is 21.8 Å². The molecular weight excluding hydrogens is 509 g/mol. The Morgan fingerprint density at radius 2 is 1.72 bits per heavy atom. The Balaban J connectivity index is 1.47. The molecule has 2 N–H and O–H groups in total. The number of rotatable bonds is 10. The van der Waals surface area contributed by atoms with Gasteiger partial charge < -0.3 is 5.32 Å². The highest BCUT2D eigenvalue weighted by Crippen LogP contribution is 2.37. The van der Waals surface area contributed by atoms with E-state index in [1.807, 2.05) is 91.9 Å². The molecule has 2 amide bonds. The predicted molar refractivity (Wildman–Crippen MR) is 151 cm³/mol. The number of aromatic nitrogens is 2. The summed E-state index contributed by atoms with van der Waals surface area (Å²) >= 11 is 4.11. The highest BCUT2D eigenvalue weighted by Gasteiger charge is 2.23. The van der Waals surface area contributed by atoms with Crippen LogP contribution in [0.25, 0.3) is 6.08 Å². The molecule has 6 nitrogen and oxygen atoms in total. The zero-order chi connectivity index (χ0) is 25.2. The van der Waals surface area contributed by atoms with Gasteiger partial charge in [-0.2, -0.15) is 9.36 Å². The van der Waals surface area contributed by atoms with Crippen LogP contribution >= 0.6 is 35.1 Å². The second-order valence-corrected chi connectivity index (χ2v) is 10.6. The lowest BCUT2D eigenvalue weighted by Gasteiger charge is -2.16. The maximum Gasteiger partial charge on any atom is 0.248 e. The van der Waals surface area contributed by atoms with Crippen molar-refractivity contribution in [2.45, 2.75) is 22.2 Å². The van der Waals surface area contributed by atoms with Gasteiger partial charge in [-0.05, 0) is 41.2 Å². The van der Waals surface area contributed by atoms with Crippen molar-refractivity contribution in [1.29, 1.82) is 0 Å². The standard InChI is InChI=1S/C27H24N4O2S3/c1-2-34-27-30-26(36-31-27)29-25(33)24(20-12-7-4-8-13-20)35-22-15-9-14-21(18-22)28-23(32)17-16-19-10-5-3-6-11-19/h3-18,24H,2H2,1H3,(H,28,32)(H,29,30,31,33)/b17-16+. The fraction of sp³-hybridized carbons (Fsp3) is 0.111. The fourth-order valence-electron chi connectivity index (χ4n) is 3.22. The summed E-state index contributed by atoms with van der Waals surface area (Å²) in [6, 6.07) is 26.7. The number of hydrogen-bond acceptors (Lipinski definition) is 7. The lowest BCUT2D eigenvalue weighted by molar-refractivity contribution is -0.116. The van der Waals surface area contributed by atoms with Gasteiger partial charge in [0.2, 0.25) is 22.1 Å². The second kappa shape index (κ2) is 13.1. The van der Waals surface area contributed by atoms with E-state index in [2.05, 4.69) is 20.0 Å². The Hall–Kier alpha value is -3.40. The molecular formula is C27H24N4O2S3. The van der Waals surface area contributed by atoms with Crippen LogP contribution in [0.5, 0.6) is 0 Å². The van der Waals surface area contributed by atoms with E-state index < -0.39 is 5.25 Å². The minimum atomic E-state index is -0.513. The van der Waals surface area contributed by atoms with Crippen molar-refractivity contribution in [3.63, 3.8) is 0 Å². The predicted octanol–water partition coefficient (Wildman–Crippen LogP) is 6.77. The van der Waals surface area contributed by atoms with E-state index in [0.29, 0.717) is 16.0 Å². The largest absolute Gasteiger partial charge is 0.322 e. The Morgan fingerprint density at radius 3 is 2.47 bits per heavy atom. The highest BCUT2D eigenvalue weighted by atomic mass is 32.2. The van der Waals surface area contributed by atoms with Crippen molar-refractivity contribution in [2.75, 3.05) is 16.4 Å². The zero-order valence-electron chi connectivity index (χ0n) is 19.5. The van der Waals surface area contributed by atoms with Crippen LogP contribution in [0.2, 0.25) is 0 Å². The number of benzene rings is 3. The quantitative estimate of drug-likeness (QED) is 0.173. The highest BCUT2D eigenvalue weighted by molar-refractivity contribution is 8.00. The number of anilines is 2. The second-order valence-electron chi connectivity index (χ2n) is 7.47. The molecule has 1 unspecified atom stereocenters. The molecule has 182 valence electrons. The summed E-state index contributed by atoms with van der Waals surface area (Å²) in [5.74, 6) is 0.452. The molecule has 0 radical (unpaired) electrons. The molecule has 0 saturated carbocycles. The van der Waals surface area contributed by atoms with Gasteiger partial charge >= 0.3 is 0 Å². The number of nitrogens with one attached hydrogen (secondary N) is 2. The van der Waals surface area contributed by atoms with Gasteiger partial charge in [0.05, 0.1) is 0 Å². The molecule has 1 atom stereocenters. The van der Waals surface area contributed by atoms with Crippen molar-refractivity contribution in [3.05, 3.63) is 102 Å². The molecule has 1 aromatic heterocycles. The molecule has 0 aliphatic carbocycles. The lowest BCUT2D eigenvalue weighted by Crippen LogP contribution is -2.19. The fourth-order valence-corrected chi connectivity index (χ4v) is 5.58. The van der Waals surface area contributed by atoms with Crippen LogP contribution in [0.15, 0.2) is 101 Å². The number of nitrogens with zero attached hydrogens (tertiary/aromatic N) is 2. The van der Waals surface area contributed by atoms with Crippen LogP contribution in [0, 0.1) is 0 Å². The molecule has 0 fully saturated rings. The minimum Gasteiger partial charge on any atom is -0.322 e. The van der Waals surface area contributed by atoms with E-state index in [1.54, 1.807) is 6.08 Å². The van der Waals surface area contributed by atoms with E-state index in [4.69, 9.17) is 0 Å². The Bertz CT molecular complexity index is 1330. The van der Waals surface area contributed by atoms with Crippen molar-refractivity contribution in [1.82, 2.24) is 9.36 Å². The average Bonchev–Trinajstić information content (AvgIpc) is 3.34. The van der Waals surface area contributed by atoms with Gasteiger partial charge in [-0.1, -0.05) is 85.4 Å². The van der Waals surface area contributed by atoms with Crippen molar-refractivity contribution in [2.24, 2.45) is 0 Å². The number of carbonyl (C=O) groups excluding carboxylic acids is 2. The number of amides is 2. The van der Waals surface area contributed by atoms with Crippen LogP contribution < -0.4 is 10.6 Å². The van der Waals surface area contributed by atoms with Gasteiger partial charge in [0, 0.05) is 28.2 Å². The van der Waals surface area contributed by atoms with Crippen LogP contribution in [0.3, 0.4) is 0 Å². The van der Waals surface area contributed by atoms with E-state index in [-0.39, 0.29) is 11.8 Å². The van der Waals surface area contributed by atoms with E-state index >= 15 is 0 Å². The monoisotopic (exact) mass is 532 g/mol. The summed E-state index contributed by atoms with van der Waals surface area (Å²) < 4.78 is 4.27. The first kappa shape index (κ1) is 25.7. The Kier molecular flexibility index (Phi) is 9.32. The maximum absolute atomic E-state index is 13.3. The van der Waals surface area contributed by atoms with Gasteiger partial charge in [0.25, 0.3) is 0 Å². The van der Waals surface area contributed by atoms with Crippen LogP contribution in [-0.4, -0.2) is 26.9 Å². The van der Waals surface area contributed by atoms with Gasteiger partial charge in [-0.15, -0.1) is 11.8 Å². The van der Waals surface area contributed by atoms with E-state index in [9.17, 15) is 9.59 Å². The first-order chi connectivity index (χ1) is 17.6. The Morgan fingerprint density at radius 1 is 0.972 bits per heavy atom. The number of carbonyl (C=O) groups is 2. The zero-order valence-corrected chi connectivity index (χ0v) is 21.9. The number of hydrogen-bond donors (Lipinski definition) is 2. The Labute approximate surface area is 222 Å². The molecule has 0 aliphatic heterocycles. The summed E-state index contributed by atoms with van der Waals surface area (Å²) in [4.78, 5) is 30.9. The molecule has 36 heavy (non-hydrogen) atoms. The minimum absolute atomic E-state index is 0.185. The van der Waals surface area contributed by atoms with Gasteiger partial charge in [-0.25, -0.2) is 0 Å². The maximum atomic E-state index is 13.3. The van der Waals surface area contributed by atoms with Gasteiger partial charge in [0.1, 0.15) is 5.25 Å². The first-order valence-corrected chi connectivity index (χ1v) is 13.9. The summed E-state index contributed by atoms with van der Waals surface area (Å²) in [5, 5.41) is 6.42. The third-order valence-corrected chi connectivity index (χ3v) is 7.56. The van der Waals surface area contributed by atoms with Crippen molar-refractivity contribution in [3.8, 4) is 0 Å². The smallest absolute Gasteiger partial charge is 0.248 e. The third-order valence-electron chi connectivity index (χ3n) is 4.83. The van der Waals surface area contributed by atoms with Gasteiger partial charge in [0.15, 0.2) is 0 Å². The average molecular weight is 533 g/mol. The molecule has 9 heteroatoms. The SMILES string of the molecule is CCSc1nsc(NC(=O)C(Sc2cccc(NC(=O)/C=C/c3ccccc3)c2)c2ccccc2)n1. The van der Waals surface area contributed by atoms with Crippen molar-refractivity contribution >= 4 is 63.8 Å².